The number of halogens is 1. The number of aliphatic imine (C=N–C) groups is 1. The molecule has 138 valence electrons. The maximum atomic E-state index is 5.65. The Kier molecular flexibility index (Phi) is 9.25. The number of nitrogens with zero attached hydrogens (tertiary/aromatic N) is 4. The number of aromatic nitrogens is 3. The normalized spacial score (nSPS) is 11.0. The van der Waals surface area contributed by atoms with Crippen molar-refractivity contribution in [3.8, 4) is 5.75 Å². The van der Waals surface area contributed by atoms with Crippen molar-refractivity contribution in [3.63, 3.8) is 0 Å². The molecule has 0 spiro atoms. The topological polar surface area (TPSA) is 76.4 Å². The largest absolute Gasteiger partial charge is 0.494 e. The number of hydrogen-bond acceptors (Lipinski definition) is 4. The van der Waals surface area contributed by atoms with Crippen molar-refractivity contribution >= 4 is 29.9 Å². The van der Waals surface area contributed by atoms with Crippen LogP contribution >= 0.6 is 24.0 Å². The molecule has 0 atom stereocenters. The van der Waals surface area contributed by atoms with Crippen LogP contribution in [0.15, 0.2) is 29.3 Å². The molecule has 0 aliphatic carbocycles. The van der Waals surface area contributed by atoms with Gasteiger partial charge in [0.2, 0.25) is 0 Å². The minimum Gasteiger partial charge on any atom is -0.494 e. The van der Waals surface area contributed by atoms with Crippen LogP contribution in [0.4, 0.5) is 0 Å². The number of rotatable bonds is 7. The highest BCUT2D eigenvalue weighted by atomic mass is 127. The van der Waals surface area contributed by atoms with E-state index >= 15 is 0 Å². The Morgan fingerprint density at radius 2 is 1.96 bits per heavy atom. The van der Waals surface area contributed by atoms with Crippen molar-refractivity contribution in [1.82, 2.24) is 25.4 Å². The van der Waals surface area contributed by atoms with Gasteiger partial charge in [0.15, 0.2) is 11.8 Å². The first-order chi connectivity index (χ1) is 11.7. The van der Waals surface area contributed by atoms with Crippen LogP contribution in [0, 0.1) is 6.92 Å². The maximum Gasteiger partial charge on any atom is 0.191 e. The number of hydrogen-bond donors (Lipinski definition) is 2. The molecule has 0 amide bonds. The quantitative estimate of drug-likeness (QED) is 0.379. The summed E-state index contributed by atoms with van der Waals surface area (Å²) in [7, 11) is 1.95. The molecule has 25 heavy (non-hydrogen) atoms. The summed E-state index contributed by atoms with van der Waals surface area (Å²) in [6.07, 6.45) is 0. The Morgan fingerprint density at radius 3 is 2.60 bits per heavy atom. The van der Waals surface area contributed by atoms with E-state index < -0.39 is 0 Å². The number of aryl methyl sites for hydroxylation is 1. The molecule has 8 heteroatoms. The summed E-state index contributed by atoms with van der Waals surface area (Å²) in [6, 6.07) is 7.97. The van der Waals surface area contributed by atoms with Gasteiger partial charge in [-0.15, -0.1) is 34.2 Å². The van der Waals surface area contributed by atoms with Crippen molar-refractivity contribution in [2.45, 2.75) is 33.9 Å². The minimum atomic E-state index is 0. The lowest BCUT2D eigenvalue weighted by Gasteiger charge is -2.12. The third-order valence-corrected chi connectivity index (χ3v) is 3.62. The summed E-state index contributed by atoms with van der Waals surface area (Å²) in [5, 5.41) is 14.7. The lowest BCUT2D eigenvalue weighted by Crippen LogP contribution is -2.37. The highest BCUT2D eigenvalue weighted by Crippen LogP contribution is 2.18. The Morgan fingerprint density at radius 1 is 1.20 bits per heavy atom. The molecule has 0 bridgehead atoms. The first-order valence-electron chi connectivity index (χ1n) is 8.23. The lowest BCUT2D eigenvalue weighted by molar-refractivity contribution is 0.336. The summed E-state index contributed by atoms with van der Waals surface area (Å²) in [4.78, 5) is 4.64. The minimum absolute atomic E-state index is 0. The zero-order chi connectivity index (χ0) is 17.4. The fourth-order valence-electron chi connectivity index (χ4n) is 2.20. The van der Waals surface area contributed by atoms with Crippen molar-refractivity contribution in [2.24, 2.45) is 12.0 Å². The van der Waals surface area contributed by atoms with Gasteiger partial charge in [0.25, 0.3) is 0 Å². The number of para-hydroxylation sites is 1. The van der Waals surface area contributed by atoms with Crippen LogP contribution in [0.25, 0.3) is 0 Å². The second-order valence-electron chi connectivity index (χ2n) is 5.31. The number of benzene rings is 1. The van der Waals surface area contributed by atoms with E-state index in [0.29, 0.717) is 19.7 Å². The van der Waals surface area contributed by atoms with Gasteiger partial charge >= 0.3 is 0 Å². The van der Waals surface area contributed by atoms with Crippen LogP contribution in [0.5, 0.6) is 5.75 Å². The molecule has 2 N–H and O–H groups in total. The van der Waals surface area contributed by atoms with E-state index in [-0.39, 0.29) is 24.0 Å². The van der Waals surface area contributed by atoms with Gasteiger partial charge in [-0.05, 0) is 26.8 Å². The molecule has 0 unspecified atom stereocenters. The van der Waals surface area contributed by atoms with E-state index in [2.05, 4.69) is 25.8 Å². The van der Waals surface area contributed by atoms with Crippen molar-refractivity contribution in [1.29, 1.82) is 0 Å². The van der Waals surface area contributed by atoms with Crippen LogP contribution in [-0.2, 0) is 20.1 Å². The third-order valence-electron chi connectivity index (χ3n) is 3.62. The molecular weight excluding hydrogens is 431 g/mol. The lowest BCUT2D eigenvalue weighted by atomic mass is 10.2. The van der Waals surface area contributed by atoms with Crippen molar-refractivity contribution in [2.75, 3.05) is 13.2 Å². The number of guanidine groups is 1. The summed E-state index contributed by atoms with van der Waals surface area (Å²) < 4.78 is 7.60. The molecule has 0 fully saturated rings. The molecule has 1 aromatic heterocycles. The number of nitrogens with one attached hydrogen (secondary N) is 2. The highest BCUT2D eigenvalue weighted by molar-refractivity contribution is 14.0. The molecule has 7 nitrogen and oxygen atoms in total. The average molecular weight is 458 g/mol. The van der Waals surface area contributed by atoms with E-state index in [0.717, 1.165) is 35.5 Å². The van der Waals surface area contributed by atoms with E-state index in [1.54, 1.807) is 0 Å². The summed E-state index contributed by atoms with van der Waals surface area (Å²) in [6.45, 7) is 8.49. The van der Waals surface area contributed by atoms with E-state index in [4.69, 9.17) is 4.74 Å². The van der Waals surface area contributed by atoms with Gasteiger partial charge in [-0.1, -0.05) is 18.2 Å². The number of ether oxygens (including phenoxy) is 1. The Hall–Kier alpha value is -1.84. The van der Waals surface area contributed by atoms with Crippen molar-refractivity contribution in [3.05, 3.63) is 41.5 Å². The van der Waals surface area contributed by atoms with Crippen LogP contribution in [0.2, 0.25) is 0 Å². The van der Waals surface area contributed by atoms with E-state index in [9.17, 15) is 0 Å². The van der Waals surface area contributed by atoms with Gasteiger partial charge in [-0.25, -0.2) is 4.99 Å². The smallest absolute Gasteiger partial charge is 0.191 e. The standard InChI is InChI=1S/C17H26N6O.HI/c1-5-18-17(20-12-16-22-21-13(3)23(16)4)19-11-14-9-7-8-10-15(14)24-6-2;/h7-10H,5-6,11-12H2,1-4H3,(H2,18,19,20);1H. The second kappa shape index (κ2) is 10.9. The van der Waals surface area contributed by atoms with Gasteiger partial charge in [0.05, 0.1) is 19.7 Å². The molecule has 0 aliphatic heterocycles. The van der Waals surface area contributed by atoms with E-state index in [1.165, 1.54) is 0 Å². The van der Waals surface area contributed by atoms with Crippen molar-refractivity contribution < 1.29 is 4.74 Å². The fraction of sp³-hybridized carbons (Fsp3) is 0.471. The molecule has 1 heterocycles. The second-order valence-corrected chi connectivity index (χ2v) is 5.31. The first kappa shape index (κ1) is 21.2. The monoisotopic (exact) mass is 458 g/mol. The van der Waals surface area contributed by atoms with Crippen LogP contribution in [0.1, 0.15) is 31.1 Å². The molecule has 1 aromatic carbocycles. The molecule has 0 saturated carbocycles. The predicted molar refractivity (Wildman–Crippen MR) is 110 cm³/mol. The maximum absolute atomic E-state index is 5.65. The summed E-state index contributed by atoms with van der Waals surface area (Å²) in [5.74, 6) is 3.38. The zero-order valence-corrected chi connectivity index (χ0v) is 17.6. The summed E-state index contributed by atoms with van der Waals surface area (Å²) >= 11 is 0. The van der Waals surface area contributed by atoms with E-state index in [1.807, 2.05) is 56.7 Å². The Bertz CT molecular complexity index is 686. The first-order valence-corrected chi connectivity index (χ1v) is 8.23. The van der Waals surface area contributed by atoms with Crippen LogP contribution < -0.4 is 15.4 Å². The molecule has 0 aliphatic rings. The fourth-order valence-corrected chi connectivity index (χ4v) is 2.20. The van der Waals surface area contributed by atoms with Gasteiger partial charge in [0.1, 0.15) is 11.6 Å². The molecule has 0 saturated heterocycles. The highest BCUT2D eigenvalue weighted by Gasteiger charge is 2.07. The van der Waals surface area contributed by atoms with Gasteiger partial charge in [-0.3, -0.25) is 0 Å². The SMILES string of the molecule is CCNC(=NCc1ccccc1OCC)NCc1nnc(C)n1C.I. The van der Waals surface area contributed by atoms with Gasteiger partial charge in [-0.2, -0.15) is 0 Å². The Balaban J connectivity index is 0.00000312. The predicted octanol–water partition coefficient (Wildman–Crippen LogP) is 2.40. The van der Waals surface area contributed by atoms with Crippen LogP contribution in [-0.4, -0.2) is 33.9 Å². The van der Waals surface area contributed by atoms with Crippen LogP contribution in [0.3, 0.4) is 0 Å². The van der Waals surface area contributed by atoms with Gasteiger partial charge in [0, 0.05) is 19.2 Å². The Labute approximate surface area is 166 Å². The molecule has 2 rings (SSSR count). The zero-order valence-electron chi connectivity index (χ0n) is 15.2. The molecular formula is C17H27IN6O. The third kappa shape index (κ3) is 6.18. The average Bonchev–Trinajstić information content (AvgIpc) is 2.90. The molecule has 0 radical (unpaired) electrons. The molecule has 2 aromatic rings. The summed E-state index contributed by atoms with van der Waals surface area (Å²) in [5.41, 5.74) is 1.06. The van der Waals surface area contributed by atoms with Gasteiger partial charge < -0.3 is 19.9 Å².